The van der Waals surface area contributed by atoms with Crippen LogP contribution < -0.4 is 4.74 Å². The molecule has 4 heterocycles. The molecule has 0 aliphatic rings. The van der Waals surface area contributed by atoms with Crippen LogP contribution in [0.3, 0.4) is 0 Å². The van der Waals surface area contributed by atoms with Gasteiger partial charge in [-0.05, 0) is 35.9 Å². The maximum Gasteiger partial charge on any atom is 0.138 e. The molecule has 0 amide bonds. The number of para-hydroxylation sites is 1. The number of benzene rings is 2. The predicted octanol–water partition coefficient (Wildman–Crippen LogP) is 5.75. The summed E-state index contributed by atoms with van der Waals surface area (Å²) >= 11 is 0. The van der Waals surface area contributed by atoms with Crippen molar-refractivity contribution in [1.29, 1.82) is 0 Å². The number of hydrogen-bond donors (Lipinski definition) is 2. The van der Waals surface area contributed by atoms with Gasteiger partial charge in [-0.3, -0.25) is 10.1 Å². The first kappa shape index (κ1) is 18.3. The quantitative estimate of drug-likeness (QED) is 0.374. The van der Waals surface area contributed by atoms with E-state index in [0.717, 1.165) is 50.1 Å². The first-order chi connectivity index (χ1) is 15.8. The Balaban J connectivity index is 1.34. The molecule has 0 aliphatic heterocycles. The lowest BCUT2D eigenvalue weighted by Gasteiger charge is -2.08. The largest absolute Gasteiger partial charge is 0.487 e. The van der Waals surface area contributed by atoms with Crippen molar-refractivity contribution >= 4 is 21.9 Å². The number of ether oxygens (including phenoxy) is 1. The van der Waals surface area contributed by atoms with Gasteiger partial charge in [-0.25, -0.2) is 4.98 Å². The summed E-state index contributed by atoms with van der Waals surface area (Å²) in [6, 6.07) is 26.3. The minimum absolute atomic E-state index is 0.491. The molecule has 32 heavy (non-hydrogen) atoms. The van der Waals surface area contributed by atoms with E-state index in [4.69, 9.17) is 9.72 Å². The van der Waals surface area contributed by atoms with Gasteiger partial charge < -0.3 is 9.72 Å². The number of hydrogen-bond acceptors (Lipinski definition) is 4. The SMILES string of the molecule is c1ccc(COc2cncc(-c3ccc4[nH]nc(-c5cc6ccccc6[nH]5)c4n3)c2)cc1. The van der Waals surface area contributed by atoms with Crippen molar-refractivity contribution in [3.8, 4) is 28.4 Å². The molecule has 6 aromatic rings. The minimum atomic E-state index is 0.491. The molecule has 0 radical (unpaired) electrons. The van der Waals surface area contributed by atoms with Crippen LogP contribution in [0.4, 0.5) is 0 Å². The second-order valence-electron chi connectivity index (χ2n) is 7.62. The second kappa shape index (κ2) is 7.67. The van der Waals surface area contributed by atoms with Crippen molar-refractivity contribution in [2.75, 3.05) is 0 Å². The van der Waals surface area contributed by atoms with E-state index in [-0.39, 0.29) is 0 Å². The standard InChI is InChI=1S/C26H19N5O/c1-2-6-17(7-3-1)16-32-20-12-19(14-27-15-20)22-10-11-23-25(29-22)26(31-30-23)24-13-18-8-4-5-9-21(18)28-24/h1-15,28H,16H2,(H,30,31). The molecule has 0 aliphatic carbocycles. The van der Waals surface area contributed by atoms with Crippen molar-refractivity contribution in [2.45, 2.75) is 6.61 Å². The first-order valence-corrected chi connectivity index (χ1v) is 10.4. The Morgan fingerprint density at radius 2 is 1.69 bits per heavy atom. The Hall–Kier alpha value is -4.45. The molecule has 2 aromatic carbocycles. The zero-order valence-electron chi connectivity index (χ0n) is 17.1. The van der Waals surface area contributed by atoms with Gasteiger partial charge in [0.25, 0.3) is 0 Å². The van der Waals surface area contributed by atoms with Crippen LogP contribution >= 0.6 is 0 Å². The van der Waals surface area contributed by atoms with Gasteiger partial charge in [0.05, 0.1) is 23.1 Å². The Labute approximate surface area is 183 Å². The number of fused-ring (bicyclic) bond motifs is 2. The van der Waals surface area contributed by atoms with E-state index < -0.39 is 0 Å². The molecule has 6 heteroatoms. The highest BCUT2D eigenvalue weighted by molar-refractivity contribution is 5.94. The van der Waals surface area contributed by atoms with Crippen molar-refractivity contribution in [2.24, 2.45) is 0 Å². The highest BCUT2D eigenvalue weighted by Gasteiger charge is 2.14. The molecule has 0 bridgehead atoms. The van der Waals surface area contributed by atoms with E-state index in [2.05, 4.69) is 38.4 Å². The Bertz CT molecular complexity index is 1500. The maximum absolute atomic E-state index is 5.94. The van der Waals surface area contributed by atoms with Gasteiger partial charge in [-0.1, -0.05) is 48.5 Å². The van der Waals surface area contributed by atoms with Crippen LogP contribution in [0, 0.1) is 0 Å². The van der Waals surface area contributed by atoms with E-state index in [1.165, 1.54) is 0 Å². The number of aromatic nitrogens is 5. The zero-order chi connectivity index (χ0) is 21.3. The molecular weight excluding hydrogens is 398 g/mol. The van der Waals surface area contributed by atoms with Gasteiger partial charge in [-0.15, -0.1) is 0 Å². The van der Waals surface area contributed by atoms with Crippen molar-refractivity contribution in [3.63, 3.8) is 0 Å². The first-order valence-electron chi connectivity index (χ1n) is 10.4. The van der Waals surface area contributed by atoms with E-state index in [1.807, 2.05) is 60.7 Å². The van der Waals surface area contributed by atoms with E-state index in [9.17, 15) is 0 Å². The molecule has 0 saturated carbocycles. The lowest BCUT2D eigenvalue weighted by molar-refractivity contribution is 0.305. The third-order valence-corrected chi connectivity index (χ3v) is 5.45. The van der Waals surface area contributed by atoms with Crippen LogP contribution in [0.25, 0.3) is 44.6 Å². The lowest BCUT2D eigenvalue weighted by atomic mass is 10.1. The molecule has 6 rings (SSSR count). The summed E-state index contributed by atoms with van der Waals surface area (Å²) in [4.78, 5) is 12.7. The summed E-state index contributed by atoms with van der Waals surface area (Å²) in [6.45, 7) is 0.491. The maximum atomic E-state index is 5.94. The lowest BCUT2D eigenvalue weighted by Crippen LogP contribution is -1.96. The minimum Gasteiger partial charge on any atom is -0.487 e. The fourth-order valence-corrected chi connectivity index (χ4v) is 3.83. The normalized spacial score (nSPS) is 11.2. The van der Waals surface area contributed by atoms with Gasteiger partial charge >= 0.3 is 0 Å². The summed E-state index contributed by atoms with van der Waals surface area (Å²) in [5.74, 6) is 0.705. The summed E-state index contributed by atoms with van der Waals surface area (Å²) in [7, 11) is 0. The molecule has 154 valence electrons. The molecule has 0 saturated heterocycles. The van der Waals surface area contributed by atoms with Gasteiger partial charge in [0.2, 0.25) is 0 Å². The van der Waals surface area contributed by atoms with E-state index in [1.54, 1.807) is 12.4 Å². The van der Waals surface area contributed by atoms with Crippen molar-refractivity contribution in [1.82, 2.24) is 25.1 Å². The molecule has 4 aromatic heterocycles. The molecule has 6 nitrogen and oxygen atoms in total. The zero-order valence-corrected chi connectivity index (χ0v) is 17.1. The topological polar surface area (TPSA) is 79.5 Å². The number of aromatic amines is 2. The van der Waals surface area contributed by atoms with Crippen LogP contribution in [0.1, 0.15) is 5.56 Å². The van der Waals surface area contributed by atoms with Gasteiger partial charge in [-0.2, -0.15) is 5.10 Å². The van der Waals surface area contributed by atoms with Crippen LogP contribution in [-0.2, 0) is 6.61 Å². The number of rotatable bonds is 5. The second-order valence-corrected chi connectivity index (χ2v) is 7.62. The van der Waals surface area contributed by atoms with Gasteiger partial charge in [0.15, 0.2) is 0 Å². The smallest absolute Gasteiger partial charge is 0.138 e. The number of H-pyrrole nitrogens is 2. The predicted molar refractivity (Wildman–Crippen MR) is 125 cm³/mol. The third-order valence-electron chi connectivity index (χ3n) is 5.45. The average Bonchev–Trinajstić information content (AvgIpc) is 3.47. The van der Waals surface area contributed by atoms with Crippen molar-refractivity contribution in [3.05, 3.63) is 96.8 Å². The highest BCUT2D eigenvalue weighted by atomic mass is 16.5. The van der Waals surface area contributed by atoms with E-state index >= 15 is 0 Å². The third kappa shape index (κ3) is 3.37. The Kier molecular flexibility index (Phi) is 4.39. The highest BCUT2D eigenvalue weighted by Crippen LogP contribution is 2.30. The Morgan fingerprint density at radius 3 is 2.59 bits per heavy atom. The number of nitrogens with zero attached hydrogens (tertiary/aromatic N) is 3. The summed E-state index contributed by atoms with van der Waals surface area (Å²) in [6.07, 6.45) is 3.52. The fraction of sp³-hybridized carbons (Fsp3) is 0.0385. The molecule has 2 N–H and O–H groups in total. The molecular formula is C26H19N5O. The molecule has 0 unspecified atom stereocenters. The van der Waals surface area contributed by atoms with Crippen LogP contribution in [-0.4, -0.2) is 25.1 Å². The van der Waals surface area contributed by atoms with Crippen LogP contribution in [0.2, 0.25) is 0 Å². The monoisotopic (exact) mass is 417 g/mol. The van der Waals surface area contributed by atoms with Crippen LogP contribution in [0.5, 0.6) is 5.75 Å². The number of pyridine rings is 2. The number of nitrogens with one attached hydrogen (secondary N) is 2. The van der Waals surface area contributed by atoms with Gasteiger partial charge in [0.1, 0.15) is 23.6 Å². The summed E-state index contributed by atoms with van der Waals surface area (Å²) in [5, 5.41) is 8.74. The molecule has 0 spiro atoms. The Morgan fingerprint density at radius 1 is 0.812 bits per heavy atom. The molecule has 0 fully saturated rings. The van der Waals surface area contributed by atoms with Gasteiger partial charge in [0, 0.05) is 22.7 Å². The summed E-state index contributed by atoms with van der Waals surface area (Å²) in [5.41, 5.74) is 7.30. The van der Waals surface area contributed by atoms with Crippen molar-refractivity contribution < 1.29 is 4.74 Å². The fourth-order valence-electron chi connectivity index (χ4n) is 3.83. The van der Waals surface area contributed by atoms with E-state index in [0.29, 0.717) is 12.4 Å². The average molecular weight is 417 g/mol. The molecule has 0 atom stereocenters. The van der Waals surface area contributed by atoms with Crippen LogP contribution in [0.15, 0.2) is 91.3 Å². The summed E-state index contributed by atoms with van der Waals surface area (Å²) < 4.78 is 5.94.